The molecule has 4 rings (SSSR count). The lowest BCUT2D eigenvalue weighted by Gasteiger charge is -2.33. The summed E-state index contributed by atoms with van der Waals surface area (Å²) in [5.41, 5.74) is 2.36. The number of fused-ring (bicyclic) bond motifs is 1. The summed E-state index contributed by atoms with van der Waals surface area (Å²) in [6.45, 7) is 4.32. The molecule has 168 valence electrons. The van der Waals surface area contributed by atoms with Crippen LogP contribution in [0.4, 0.5) is 5.69 Å². The van der Waals surface area contributed by atoms with Crippen LogP contribution in [0.25, 0.3) is 11.0 Å². The number of hydrogen-bond acceptors (Lipinski definition) is 6. The Hall–Kier alpha value is -2.65. The van der Waals surface area contributed by atoms with Crippen molar-refractivity contribution in [1.29, 1.82) is 0 Å². The van der Waals surface area contributed by atoms with Gasteiger partial charge in [-0.25, -0.2) is 4.79 Å². The normalized spacial score (nSPS) is 20.5. The van der Waals surface area contributed by atoms with Crippen molar-refractivity contribution in [3.63, 3.8) is 0 Å². The predicted octanol–water partition coefficient (Wildman–Crippen LogP) is 0.770. The number of anilines is 1. The molecule has 0 spiro atoms. The smallest absolute Gasteiger partial charge is 0.329 e. The Morgan fingerprint density at radius 1 is 1.13 bits per heavy atom. The maximum absolute atomic E-state index is 12.9. The zero-order valence-corrected chi connectivity index (χ0v) is 18.2. The van der Waals surface area contributed by atoms with E-state index in [-0.39, 0.29) is 18.0 Å². The Bertz CT molecular complexity index is 1020. The van der Waals surface area contributed by atoms with E-state index in [1.54, 1.807) is 11.6 Å². The van der Waals surface area contributed by atoms with E-state index in [4.69, 9.17) is 4.74 Å². The zero-order valence-electron chi connectivity index (χ0n) is 18.2. The first-order valence-corrected chi connectivity index (χ1v) is 11.0. The minimum atomic E-state index is -0.654. The van der Waals surface area contributed by atoms with E-state index in [2.05, 4.69) is 15.5 Å². The first-order valence-electron chi connectivity index (χ1n) is 11.0. The molecule has 31 heavy (non-hydrogen) atoms. The fraction of sp³-hybridized carbons (Fsp3) is 0.591. The van der Waals surface area contributed by atoms with Gasteiger partial charge in [-0.15, -0.1) is 0 Å². The SMILES string of the molecule is CNCCOCC1CCN(c2ccc3c(c2)n(C)c(=O)n3C2CCC(=O)NC2=O)CC1. The number of imide groups is 1. The summed E-state index contributed by atoms with van der Waals surface area (Å²) in [7, 11) is 3.65. The molecule has 0 saturated carbocycles. The number of aryl methyl sites for hydroxylation is 1. The number of nitrogens with zero attached hydrogens (tertiary/aromatic N) is 3. The fourth-order valence-corrected chi connectivity index (χ4v) is 4.56. The molecule has 3 heterocycles. The third-order valence-electron chi connectivity index (χ3n) is 6.42. The zero-order chi connectivity index (χ0) is 22.0. The molecule has 2 aromatic rings. The molecule has 1 aromatic heterocycles. The highest BCUT2D eigenvalue weighted by Gasteiger charge is 2.31. The highest BCUT2D eigenvalue weighted by atomic mass is 16.5. The van der Waals surface area contributed by atoms with Gasteiger partial charge in [0.25, 0.3) is 0 Å². The summed E-state index contributed by atoms with van der Waals surface area (Å²) in [5.74, 6) is -0.114. The Balaban J connectivity index is 1.49. The maximum Gasteiger partial charge on any atom is 0.329 e. The van der Waals surface area contributed by atoms with Gasteiger partial charge in [-0.3, -0.25) is 24.0 Å². The van der Waals surface area contributed by atoms with Gasteiger partial charge in [0.15, 0.2) is 0 Å². The van der Waals surface area contributed by atoms with Crippen LogP contribution in [0.1, 0.15) is 31.7 Å². The molecule has 2 amide bonds. The van der Waals surface area contributed by atoms with Crippen molar-refractivity contribution in [3.05, 3.63) is 28.7 Å². The van der Waals surface area contributed by atoms with E-state index >= 15 is 0 Å². The number of ether oxygens (including phenoxy) is 1. The Kier molecular flexibility index (Phi) is 6.43. The number of nitrogens with one attached hydrogen (secondary N) is 2. The number of carbonyl (C=O) groups is 2. The lowest BCUT2D eigenvalue weighted by atomic mass is 9.97. The summed E-state index contributed by atoms with van der Waals surface area (Å²) in [6.07, 6.45) is 2.74. The number of amides is 2. The minimum absolute atomic E-state index is 0.237. The van der Waals surface area contributed by atoms with Gasteiger partial charge in [-0.05, 0) is 50.4 Å². The lowest BCUT2D eigenvalue weighted by molar-refractivity contribution is -0.135. The van der Waals surface area contributed by atoms with Gasteiger partial charge >= 0.3 is 5.69 Å². The fourth-order valence-electron chi connectivity index (χ4n) is 4.56. The third kappa shape index (κ3) is 4.38. The quantitative estimate of drug-likeness (QED) is 0.499. The molecule has 2 aliphatic rings. The van der Waals surface area contributed by atoms with Gasteiger partial charge in [0.1, 0.15) is 6.04 Å². The van der Waals surface area contributed by atoms with Crippen molar-refractivity contribution in [2.45, 2.75) is 31.7 Å². The van der Waals surface area contributed by atoms with Gasteiger partial charge in [0, 0.05) is 45.4 Å². The minimum Gasteiger partial charge on any atom is -0.380 e. The van der Waals surface area contributed by atoms with E-state index in [0.717, 1.165) is 62.4 Å². The van der Waals surface area contributed by atoms with Crippen molar-refractivity contribution >= 4 is 28.5 Å². The number of rotatable bonds is 7. The molecule has 2 saturated heterocycles. The van der Waals surface area contributed by atoms with E-state index in [9.17, 15) is 14.4 Å². The number of carbonyl (C=O) groups excluding carboxylic acids is 2. The molecule has 0 bridgehead atoms. The monoisotopic (exact) mass is 429 g/mol. The van der Waals surface area contributed by atoms with Crippen LogP contribution in [-0.2, 0) is 21.4 Å². The van der Waals surface area contributed by atoms with Gasteiger partial charge in [0.2, 0.25) is 11.8 Å². The van der Waals surface area contributed by atoms with Crippen LogP contribution >= 0.6 is 0 Å². The van der Waals surface area contributed by atoms with Crippen LogP contribution in [0.15, 0.2) is 23.0 Å². The van der Waals surface area contributed by atoms with Crippen LogP contribution in [0, 0.1) is 5.92 Å². The molecule has 1 atom stereocenters. The molecule has 2 aliphatic heterocycles. The van der Waals surface area contributed by atoms with Crippen LogP contribution in [0.2, 0.25) is 0 Å². The molecule has 1 aromatic carbocycles. The third-order valence-corrected chi connectivity index (χ3v) is 6.42. The lowest BCUT2D eigenvalue weighted by Crippen LogP contribution is -2.44. The first-order chi connectivity index (χ1) is 15.0. The van der Waals surface area contributed by atoms with E-state index in [1.165, 1.54) is 4.57 Å². The molecule has 9 nitrogen and oxygen atoms in total. The first kappa shape index (κ1) is 21.6. The average molecular weight is 430 g/mol. The number of imidazole rings is 1. The van der Waals surface area contributed by atoms with Gasteiger partial charge in [-0.1, -0.05) is 0 Å². The molecule has 0 radical (unpaired) electrons. The number of aromatic nitrogens is 2. The second kappa shape index (κ2) is 9.23. The van der Waals surface area contributed by atoms with Crippen LogP contribution in [-0.4, -0.2) is 60.8 Å². The largest absolute Gasteiger partial charge is 0.380 e. The second-order valence-electron chi connectivity index (χ2n) is 8.46. The molecular weight excluding hydrogens is 398 g/mol. The molecule has 0 aliphatic carbocycles. The highest BCUT2D eigenvalue weighted by Crippen LogP contribution is 2.29. The van der Waals surface area contributed by atoms with E-state index in [0.29, 0.717) is 12.3 Å². The number of likely N-dealkylation sites (N-methyl/N-ethyl adjacent to an activating group) is 1. The maximum atomic E-state index is 12.9. The van der Waals surface area contributed by atoms with Gasteiger partial charge in [-0.2, -0.15) is 0 Å². The van der Waals surface area contributed by atoms with Crippen molar-refractivity contribution in [3.8, 4) is 0 Å². The number of hydrogen-bond donors (Lipinski definition) is 2. The molecule has 2 fully saturated rings. The number of piperidine rings is 2. The molecule has 9 heteroatoms. The van der Waals surface area contributed by atoms with Crippen molar-refractivity contribution in [2.24, 2.45) is 13.0 Å². The summed E-state index contributed by atoms with van der Waals surface area (Å²) in [5, 5.41) is 5.44. The summed E-state index contributed by atoms with van der Waals surface area (Å²) in [6, 6.07) is 5.32. The van der Waals surface area contributed by atoms with Gasteiger partial charge in [0.05, 0.1) is 17.6 Å². The molecule has 2 N–H and O–H groups in total. The van der Waals surface area contributed by atoms with Crippen LogP contribution < -0.4 is 21.2 Å². The van der Waals surface area contributed by atoms with E-state index in [1.807, 2.05) is 25.2 Å². The van der Waals surface area contributed by atoms with Crippen molar-refractivity contribution < 1.29 is 14.3 Å². The highest BCUT2D eigenvalue weighted by molar-refractivity contribution is 6.00. The number of benzene rings is 1. The average Bonchev–Trinajstić information content (AvgIpc) is 3.02. The van der Waals surface area contributed by atoms with Gasteiger partial charge < -0.3 is 15.0 Å². The Labute approximate surface area is 181 Å². The topological polar surface area (TPSA) is 97.6 Å². The summed E-state index contributed by atoms with van der Waals surface area (Å²) >= 11 is 0. The summed E-state index contributed by atoms with van der Waals surface area (Å²) < 4.78 is 8.85. The molecule has 1 unspecified atom stereocenters. The van der Waals surface area contributed by atoms with Crippen LogP contribution in [0.5, 0.6) is 0 Å². The predicted molar refractivity (Wildman–Crippen MR) is 118 cm³/mol. The van der Waals surface area contributed by atoms with E-state index < -0.39 is 11.9 Å². The van der Waals surface area contributed by atoms with Crippen LogP contribution in [0.3, 0.4) is 0 Å². The molecular formula is C22H31N5O4. The van der Waals surface area contributed by atoms with Crippen molar-refractivity contribution in [1.82, 2.24) is 19.8 Å². The Morgan fingerprint density at radius 3 is 2.61 bits per heavy atom. The second-order valence-corrected chi connectivity index (χ2v) is 8.46. The van der Waals surface area contributed by atoms with Crippen molar-refractivity contribution in [2.75, 3.05) is 44.8 Å². The summed E-state index contributed by atoms with van der Waals surface area (Å²) in [4.78, 5) is 39.1. The Morgan fingerprint density at radius 2 is 1.90 bits per heavy atom. The standard InChI is InChI=1S/C22H31N5O4/c1-23-9-12-31-14-15-7-10-26(11-8-15)16-3-4-17-19(13-16)25(2)22(30)27(17)18-5-6-20(28)24-21(18)29/h3-4,13,15,18,23H,5-12,14H2,1-2H3,(H,24,28,29).